The molecule has 26 heavy (non-hydrogen) atoms. The molecule has 0 spiro atoms. The van der Waals surface area contributed by atoms with E-state index in [1.165, 1.54) is 4.57 Å². The molecule has 6 nitrogen and oxygen atoms in total. The summed E-state index contributed by atoms with van der Waals surface area (Å²) in [6.07, 6.45) is 2.06. The summed E-state index contributed by atoms with van der Waals surface area (Å²) in [5.41, 5.74) is 4.27. The number of oxazole rings is 1. The molecule has 1 aromatic heterocycles. The summed E-state index contributed by atoms with van der Waals surface area (Å²) < 4.78 is 6.70. The van der Waals surface area contributed by atoms with Gasteiger partial charge in [-0.1, -0.05) is 0 Å². The van der Waals surface area contributed by atoms with Crippen LogP contribution in [0.1, 0.15) is 18.4 Å². The van der Waals surface area contributed by atoms with Crippen LogP contribution in [-0.4, -0.2) is 23.7 Å². The first kappa shape index (κ1) is 16.3. The van der Waals surface area contributed by atoms with Crippen LogP contribution in [0.4, 0.5) is 11.4 Å². The number of aromatic nitrogens is 1. The highest BCUT2D eigenvalue weighted by molar-refractivity contribution is 5.77. The first-order valence-corrected chi connectivity index (χ1v) is 8.75. The van der Waals surface area contributed by atoms with Gasteiger partial charge in [-0.3, -0.25) is 4.57 Å². The van der Waals surface area contributed by atoms with Gasteiger partial charge in [-0.25, -0.2) is 4.79 Å². The fourth-order valence-electron chi connectivity index (χ4n) is 3.48. The smallest absolute Gasteiger partial charge is 0.408 e. The normalized spacial score (nSPS) is 15.2. The molecule has 0 radical (unpaired) electrons. The van der Waals surface area contributed by atoms with Crippen LogP contribution in [0.15, 0.2) is 51.7 Å². The third-order valence-corrected chi connectivity index (χ3v) is 5.02. The van der Waals surface area contributed by atoms with Crippen molar-refractivity contribution in [1.82, 2.24) is 4.57 Å². The van der Waals surface area contributed by atoms with Gasteiger partial charge in [-0.05, 0) is 55.3 Å². The van der Waals surface area contributed by atoms with Crippen LogP contribution < -0.4 is 16.0 Å². The molecule has 2 heterocycles. The summed E-state index contributed by atoms with van der Waals surface area (Å²) in [5, 5.41) is 12.5. The second-order valence-electron chi connectivity index (χ2n) is 6.67. The number of aryl methyl sites for hydroxylation is 1. The second-order valence-corrected chi connectivity index (χ2v) is 6.67. The van der Waals surface area contributed by atoms with E-state index in [-0.39, 0.29) is 5.76 Å². The summed E-state index contributed by atoms with van der Waals surface area (Å²) in [6.45, 7) is 1.94. The first-order valence-electron chi connectivity index (χ1n) is 8.75. The fraction of sp³-hybridized carbons (Fsp3) is 0.300. The molecule has 1 fully saturated rings. The largest absolute Gasteiger partial charge is 0.419 e. The molecule has 0 amide bonds. The van der Waals surface area contributed by atoms with E-state index in [0.29, 0.717) is 17.2 Å². The van der Waals surface area contributed by atoms with Crippen molar-refractivity contribution in [2.45, 2.75) is 18.9 Å². The van der Waals surface area contributed by atoms with Crippen LogP contribution in [0.2, 0.25) is 0 Å². The Hall–Kier alpha value is -3.20. The van der Waals surface area contributed by atoms with Gasteiger partial charge in [-0.2, -0.15) is 5.26 Å². The zero-order chi connectivity index (χ0) is 18.1. The number of benzene rings is 2. The fourth-order valence-corrected chi connectivity index (χ4v) is 3.48. The number of nitrogens with zero attached hydrogens (tertiary/aromatic N) is 3. The lowest BCUT2D eigenvalue weighted by Gasteiger charge is -2.34. The van der Waals surface area contributed by atoms with Crippen molar-refractivity contribution in [2.75, 3.05) is 23.3 Å². The number of fused-ring (bicyclic) bond motifs is 1. The topological polar surface area (TPSA) is 74.2 Å². The molecule has 6 heteroatoms. The van der Waals surface area contributed by atoms with Gasteiger partial charge in [0, 0.05) is 37.6 Å². The minimum Gasteiger partial charge on any atom is -0.408 e. The summed E-state index contributed by atoms with van der Waals surface area (Å²) >= 11 is 0. The highest BCUT2D eigenvalue weighted by atomic mass is 16.4. The Balaban J connectivity index is 1.41. The molecule has 1 saturated heterocycles. The van der Waals surface area contributed by atoms with E-state index in [9.17, 15) is 4.79 Å². The minimum atomic E-state index is -0.340. The molecule has 3 aromatic rings. The van der Waals surface area contributed by atoms with Crippen LogP contribution in [0.25, 0.3) is 11.1 Å². The molecule has 1 N–H and O–H groups in total. The zero-order valence-electron chi connectivity index (χ0n) is 14.6. The van der Waals surface area contributed by atoms with Gasteiger partial charge in [0.2, 0.25) is 0 Å². The number of hydrogen-bond acceptors (Lipinski definition) is 5. The molecule has 132 valence electrons. The third kappa shape index (κ3) is 3.04. The Morgan fingerprint density at radius 2 is 1.88 bits per heavy atom. The summed E-state index contributed by atoms with van der Waals surface area (Å²) in [5.74, 6) is -0.340. The summed E-state index contributed by atoms with van der Waals surface area (Å²) in [6, 6.07) is 16.1. The molecule has 1 aliphatic heterocycles. The Morgan fingerprint density at radius 3 is 2.58 bits per heavy atom. The van der Waals surface area contributed by atoms with Gasteiger partial charge >= 0.3 is 5.76 Å². The van der Waals surface area contributed by atoms with Gasteiger partial charge in [-0.15, -0.1) is 0 Å². The lowest BCUT2D eigenvalue weighted by atomic mass is 10.0. The Bertz CT molecular complexity index is 1020. The lowest BCUT2D eigenvalue weighted by Crippen LogP contribution is -2.39. The van der Waals surface area contributed by atoms with Crippen molar-refractivity contribution in [1.29, 1.82) is 5.26 Å². The van der Waals surface area contributed by atoms with Crippen LogP contribution in [0.3, 0.4) is 0 Å². The number of anilines is 2. The quantitative estimate of drug-likeness (QED) is 0.787. The van der Waals surface area contributed by atoms with Gasteiger partial charge in [0.05, 0.1) is 17.1 Å². The Kier molecular flexibility index (Phi) is 4.13. The van der Waals surface area contributed by atoms with Crippen molar-refractivity contribution in [2.24, 2.45) is 7.05 Å². The SMILES string of the molecule is Cn1c(=O)oc2ccc(NC3CCN(c4ccc(C#N)cc4)CC3)cc21. The van der Waals surface area contributed by atoms with Crippen molar-refractivity contribution in [3.8, 4) is 6.07 Å². The van der Waals surface area contributed by atoms with Gasteiger partial charge in [0.1, 0.15) is 0 Å². The van der Waals surface area contributed by atoms with Crippen molar-refractivity contribution < 1.29 is 4.42 Å². The van der Waals surface area contributed by atoms with E-state index in [4.69, 9.17) is 9.68 Å². The number of piperidine rings is 1. The molecule has 0 bridgehead atoms. The van der Waals surface area contributed by atoms with Crippen LogP contribution in [0, 0.1) is 11.3 Å². The molecule has 0 aliphatic carbocycles. The van der Waals surface area contributed by atoms with E-state index in [1.54, 1.807) is 7.05 Å². The summed E-state index contributed by atoms with van der Waals surface area (Å²) in [7, 11) is 1.72. The van der Waals surface area contributed by atoms with Crippen molar-refractivity contribution >= 4 is 22.5 Å². The average Bonchev–Trinajstić information content (AvgIpc) is 2.96. The molecular weight excluding hydrogens is 328 g/mol. The van der Waals surface area contributed by atoms with Crippen LogP contribution >= 0.6 is 0 Å². The molecular formula is C20H20N4O2. The maximum absolute atomic E-state index is 11.6. The molecule has 4 rings (SSSR count). The maximum atomic E-state index is 11.6. The number of nitrogens with one attached hydrogen (secondary N) is 1. The molecule has 0 saturated carbocycles. The van der Waals surface area contributed by atoms with Crippen LogP contribution in [0.5, 0.6) is 0 Å². The second kappa shape index (κ2) is 6.60. The zero-order valence-corrected chi connectivity index (χ0v) is 14.6. The average molecular weight is 348 g/mol. The Labute approximate surface area is 151 Å². The molecule has 1 aliphatic rings. The standard InChI is InChI=1S/C20H20N4O2/c1-23-18-12-16(4-7-19(18)26-20(23)25)22-15-8-10-24(11-9-15)17-5-2-14(13-21)3-6-17/h2-7,12,15,22H,8-11H2,1H3. The molecule has 0 unspecified atom stereocenters. The highest BCUT2D eigenvalue weighted by Gasteiger charge is 2.19. The third-order valence-electron chi connectivity index (χ3n) is 5.02. The van der Waals surface area contributed by atoms with Gasteiger partial charge < -0.3 is 14.6 Å². The minimum absolute atomic E-state index is 0.340. The van der Waals surface area contributed by atoms with E-state index < -0.39 is 0 Å². The van der Waals surface area contributed by atoms with Gasteiger partial charge in [0.15, 0.2) is 5.58 Å². The van der Waals surface area contributed by atoms with Crippen LogP contribution in [-0.2, 0) is 7.05 Å². The molecule has 0 atom stereocenters. The number of nitriles is 1. The Morgan fingerprint density at radius 1 is 1.15 bits per heavy atom. The number of hydrogen-bond donors (Lipinski definition) is 1. The summed E-state index contributed by atoms with van der Waals surface area (Å²) in [4.78, 5) is 14.0. The van der Waals surface area contributed by atoms with Gasteiger partial charge in [0.25, 0.3) is 0 Å². The highest BCUT2D eigenvalue weighted by Crippen LogP contribution is 2.24. The first-order chi connectivity index (χ1) is 12.6. The monoisotopic (exact) mass is 348 g/mol. The molecule has 2 aromatic carbocycles. The van der Waals surface area contributed by atoms with Crippen molar-refractivity contribution in [3.63, 3.8) is 0 Å². The van der Waals surface area contributed by atoms with E-state index >= 15 is 0 Å². The van der Waals surface area contributed by atoms with E-state index in [2.05, 4.69) is 16.3 Å². The predicted molar refractivity (Wildman–Crippen MR) is 101 cm³/mol. The predicted octanol–water partition coefficient (Wildman–Crippen LogP) is 3.08. The lowest BCUT2D eigenvalue weighted by molar-refractivity contribution is 0.526. The van der Waals surface area contributed by atoms with E-state index in [0.717, 1.165) is 42.8 Å². The number of rotatable bonds is 3. The van der Waals surface area contributed by atoms with E-state index in [1.807, 2.05) is 42.5 Å². The maximum Gasteiger partial charge on any atom is 0.419 e. The van der Waals surface area contributed by atoms with Crippen molar-refractivity contribution in [3.05, 3.63) is 58.6 Å².